The van der Waals surface area contributed by atoms with Gasteiger partial charge in [0, 0.05) is 22.4 Å². The average Bonchev–Trinajstić information content (AvgIpc) is 3.18. The van der Waals surface area contributed by atoms with Crippen LogP contribution in [0.2, 0.25) is 0 Å². The number of hydrogen-bond acceptors (Lipinski definition) is 5. The lowest BCUT2D eigenvalue weighted by molar-refractivity contribution is -0.113. The van der Waals surface area contributed by atoms with E-state index < -0.39 is 0 Å². The number of hydrogen-bond donors (Lipinski definition) is 1. The van der Waals surface area contributed by atoms with E-state index in [1.54, 1.807) is 12.4 Å². The first-order valence-electron chi connectivity index (χ1n) is 9.22. The minimum atomic E-state index is -0.114. The Bertz CT molecular complexity index is 1180. The number of nitrogens with one attached hydrogen (secondary N) is 1. The van der Waals surface area contributed by atoms with Gasteiger partial charge in [-0.05, 0) is 58.7 Å². The lowest BCUT2D eigenvalue weighted by atomic mass is 10.2. The van der Waals surface area contributed by atoms with E-state index in [1.807, 2.05) is 72.2 Å². The second-order valence-electron chi connectivity index (χ2n) is 6.48. The van der Waals surface area contributed by atoms with Crippen LogP contribution in [0.25, 0.3) is 17.1 Å². The molecule has 2 aromatic heterocycles. The summed E-state index contributed by atoms with van der Waals surface area (Å²) in [7, 11) is 0. The van der Waals surface area contributed by atoms with Gasteiger partial charge in [-0.25, -0.2) is 0 Å². The van der Waals surface area contributed by atoms with Crippen LogP contribution in [0, 0.1) is 6.92 Å². The largest absolute Gasteiger partial charge is 0.324 e. The van der Waals surface area contributed by atoms with Crippen LogP contribution in [0.4, 0.5) is 5.69 Å². The van der Waals surface area contributed by atoms with Crippen molar-refractivity contribution < 1.29 is 4.79 Å². The van der Waals surface area contributed by atoms with E-state index >= 15 is 0 Å². The molecule has 0 saturated carbocycles. The molecule has 0 radical (unpaired) electrons. The number of para-hydroxylation sites is 2. The lowest BCUT2D eigenvalue weighted by Gasteiger charge is -2.13. The van der Waals surface area contributed by atoms with Crippen LogP contribution in [0.1, 0.15) is 5.56 Å². The SMILES string of the molecule is Cc1ccccc1-n1c(SCC(=O)Nc2ccccc2Br)nnc1-c1ccncc1. The van der Waals surface area contributed by atoms with Crippen LogP contribution in [0.5, 0.6) is 0 Å². The highest BCUT2D eigenvalue weighted by Crippen LogP contribution is 2.29. The maximum absolute atomic E-state index is 12.5. The molecule has 0 aliphatic heterocycles. The van der Waals surface area contributed by atoms with E-state index in [2.05, 4.69) is 36.4 Å². The summed E-state index contributed by atoms with van der Waals surface area (Å²) >= 11 is 4.79. The van der Waals surface area contributed by atoms with Gasteiger partial charge in [-0.3, -0.25) is 14.3 Å². The molecule has 4 rings (SSSR count). The van der Waals surface area contributed by atoms with Crippen molar-refractivity contribution in [2.45, 2.75) is 12.1 Å². The molecule has 1 amide bonds. The van der Waals surface area contributed by atoms with Gasteiger partial charge in [0.15, 0.2) is 11.0 Å². The monoisotopic (exact) mass is 479 g/mol. The van der Waals surface area contributed by atoms with E-state index in [9.17, 15) is 4.79 Å². The molecule has 0 atom stereocenters. The first-order chi connectivity index (χ1) is 14.6. The van der Waals surface area contributed by atoms with Crippen molar-refractivity contribution in [2.24, 2.45) is 0 Å². The van der Waals surface area contributed by atoms with Crippen molar-refractivity contribution in [3.8, 4) is 17.1 Å². The summed E-state index contributed by atoms with van der Waals surface area (Å²) in [6.07, 6.45) is 3.45. The fourth-order valence-electron chi connectivity index (χ4n) is 2.96. The van der Waals surface area contributed by atoms with E-state index in [-0.39, 0.29) is 11.7 Å². The number of anilines is 1. The van der Waals surface area contributed by atoms with E-state index in [0.717, 1.165) is 27.0 Å². The summed E-state index contributed by atoms with van der Waals surface area (Å²) in [6, 6.07) is 19.3. The fraction of sp³-hybridized carbons (Fsp3) is 0.0909. The summed E-state index contributed by atoms with van der Waals surface area (Å²) in [5, 5.41) is 12.3. The van der Waals surface area contributed by atoms with Gasteiger partial charge in [0.25, 0.3) is 0 Å². The van der Waals surface area contributed by atoms with Crippen LogP contribution in [-0.4, -0.2) is 31.4 Å². The Morgan fingerprint density at radius 2 is 1.77 bits per heavy atom. The number of halogens is 1. The number of aromatic nitrogens is 4. The molecule has 1 N–H and O–H groups in total. The quantitative estimate of drug-likeness (QED) is 0.388. The van der Waals surface area contributed by atoms with Crippen LogP contribution in [0.15, 0.2) is 82.7 Å². The molecule has 0 fully saturated rings. The zero-order valence-electron chi connectivity index (χ0n) is 16.1. The van der Waals surface area contributed by atoms with Gasteiger partial charge in [0.2, 0.25) is 5.91 Å². The number of nitrogens with zero attached hydrogens (tertiary/aromatic N) is 4. The number of amides is 1. The summed E-state index contributed by atoms with van der Waals surface area (Å²) in [4.78, 5) is 16.6. The van der Waals surface area contributed by atoms with Gasteiger partial charge < -0.3 is 5.32 Å². The predicted molar refractivity (Wildman–Crippen MR) is 123 cm³/mol. The maximum atomic E-state index is 12.5. The van der Waals surface area contributed by atoms with Crippen LogP contribution in [0.3, 0.4) is 0 Å². The van der Waals surface area contributed by atoms with Gasteiger partial charge in [0.1, 0.15) is 0 Å². The number of thioether (sulfide) groups is 1. The van der Waals surface area contributed by atoms with Crippen molar-refractivity contribution in [1.82, 2.24) is 19.7 Å². The Hall–Kier alpha value is -2.97. The smallest absolute Gasteiger partial charge is 0.234 e. The van der Waals surface area contributed by atoms with Crippen LogP contribution >= 0.6 is 27.7 Å². The van der Waals surface area contributed by atoms with Gasteiger partial charge >= 0.3 is 0 Å². The van der Waals surface area contributed by atoms with Crippen molar-refractivity contribution >= 4 is 39.3 Å². The zero-order chi connectivity index (χ0) is 20.9. The Labute approximate surface area is 186 Å². The standard InChI is InChI=1S/C22H18BrN5OS/c1-15-6-2-5-9-19(15)28-21(16-10-12-24-13-11-16)26-27-22(28)30-14-20(29)25-18-8-4-3-7-17(18)23/h2-13H,14H2,1H3,(H,25,29). The highest BCUT2D eigenvalue weighted by Gasteiger charge is 2.18. The molecule has 0 aliphatic rings. The molecule has 0 saturated heterocycles. The first-order valence-corrected chi connectivity index (χ1v) is 11.0. The number of benzene rings is 2. The second kappa shape index (κ2) is 9.23. The normalized spacial score (nSPS) is 10.7. The average molecular weight is 480 g/mol. The minimum absolute atomic E-state index is 0.114. The number of pyridine rings is 1. The number of carbonyl (C=O) groups excluding carboxylic acids is 1. The number of aryl methyl sites for hydroxylation is 1. The number of carbonyl (C=O) groups is 1. The molecule has 2 aromatic carbocycles. The lowest BCUT2D eigenvalue weighted by Crippen LogP contribution is -2.15. The van der Waals surface area contributed by atoms with Crippen LogP contribution < -0.4 is 5.32 Å². The van der Waals surface area contributed by atoms with E-state index in [1.165, 1.54) is 11.8 Å². The topological polar surface area (TPSA) is 72.7 Å². The summed E-state index contributed by atoms with van der Waals surface area (Å²) in [5.74, 6) is 0.805. The van der Waals surface area contributed by atoms with Gasteiger partial charge in [0.05, 0.1) is 17.1 Å². The maximum Gasteiger partial charge on any atom is 0.234 e. The molecule has 0 aliphatic carbocycles. The Morgan fingerprint density at radius 1 is 1.03 bits per heavy atom. The van der Waals surface area contributed by atoms with Gasteiger partial charge in [-0.15, -0.1) is 10.2 Å². The van der Waals surface area contributed by atoms with Gasteiger partial charge in [-0.1, -0.05) is 42.1 Å². The van der Waals surface area contributed by atoms with Crippen molar-refractivity contribution in [3.63, 3.8) is 0 Å². The molecule has 0 spiro atoms. The molecule has 30 heavy (non-hydrogen) atoms. The Kier molecular flexibility index (Phi) is 6.25. The first kappa shape index (κ1) is 20.3. The Balaban J connectivity index is 1.62. The third-order valence-electron chi connectivity index (χ3n) is 4.41. The third-order valence-corrected chi connectivity index (χ3v) is 6.03. The molecule has 6 nitrogen and oxygen atoms in total. The van der Waals surface area contributed by atoms with E-state index in [4.69, 9.17) is 0 Å². The molecular weight excluding hydrogens is 462 g/mol. The molecule has 8 heteroatoms. The zero-order valence-corrected chi connectivity index (χ0v) is 18.5. The minimum Gasteiger partial charge on any atom is -0.324 e. The molecule has 4 aromatic rings. The highest BCUT2D eigenvalue weighted by atomic mass is 79.9. The van der Waals surface area contributed by atoms with Crippen molar-refractivity contribution in [1.29, 1.82) is 0 Å². The summed E-state index contributed by atoms with van der Waals surface area (Å²) < 4.78 is 2.83. The van der Waals surface area contributed by atoms with Crippen molar-refractivity contribution in [2.75, 3.05) is 11.1 Å². The molecule has 2 heterocycles. The predicted octanol–water partition coefficient (Wildman–Crippen LogP) is 5.13. The third kappa shape index (κ3) is 4.44. The van der Waals surface area contributed by atoms with Gasteiger partial charge in [-0.2, -0.15) is 0 Å². The number of rotatable bonds is 6. The molecule has 0 unspecified atom stereocenters. The van der Waals surface area contributed by atoms with Crippen molar-refractivity contribution in [3.05, 3.63) is 83.1 Å². The second-order valence-corrected chi connectivity index (χ2v) is 8.28. The summed E-state index contributed by atoms with van der Waals surface area (Å²) in [6.45, 7) is 2.04. The molecule has 150 valence electrons. The molecule has 0 bridgehead atoms. The fourth-order valence-corrected chi connectivity index (χ4v) is 4.09. The molecular formula is C22H18BrN5OS. The van der Waals surface area contributed by atoms with E-state index in [0.29, 0.717) is 11.0 Å². The summed E-state index contributed by atoms with van der Waals surface area (Å²) in [5.41, 5.74) is 3.71. The Morgan fingerprint density at radius 3 is 2.53 bits per heavy atom. The highest BCUT2D eigenvalue weighted by molar-refractivity contribution is 9.10. The van der Waals surface area contributed by atoms with Crippen LogP contribution in [-0.2, 0) is 4.79 Å².